The molecule has 1 amide bonds. The first-order valence-electron chi connectivity index (χ1n) is 8.65. The van der Waals surface area contributed by atoms with Crippen LogP contribution in [0.15, 0.2) is 57.6 Å². The van der Waals surface area contributed by atoms with Gasteiger partial charge >= 0.3 is 0 Å². The zero-order valence-corrected chi connectivity index (χ0v) is 16.0. The van der Waals surface area contributed by atoms with Gasteiger partial charge in [0.2, 0.25) is 0 Å². The van der Waals surface area contributed by atoms with Gasteiger partial charge in [0, 0.05) is 28.9 Å². The van der Waals surface area contributed by atoms with Crippen LogP contribution in [0.4, 0.5) is 11.4 Å². The van der Waals surface area contributed by atoms with Gasteiger partial charge in [-0.1, -0.05) is 13.0 Å². The lowest BCUT2D eigenvalue weighted by Crippen LogP contribution is -2.32. The van der Waals surface area contributed by atoms with Crippen molar-refractivity contribution >= 4 is 33.2 Å². The number of hydrogen-bond acceptors (Lipinski definition) is 3. The Morgan fingerprint density at radius 1 is 1.19 bits per heavy atom. The van der Waals surface area contributed by atoms with Gasteiger partial charge in [0.15, 0.2) is 4.67 Å². The molecular weight excluding hydrogens is 392 g/mol. The topological polar surface area (TPSA) is 59.5 Å². The Balaban J connectivity index is 1.84. The van der Waals surface area contributed by atoms with E-state index in [4.69, 9.17) is 10.2 Å². The minimum Gasteiger partial charge on any atom is -0.449 e. The Morgan fingerprint density at radius 2 is 1.96 bits per heavy atom. The van der Waals surface area contributed by atoms with Crippen LogP contribution < -0.4 is 10.6 Å². The number of carbonyl (C=O) groups is 1. The van der Waals surface area contributed by atoms with E-state index in [1.807, 2.05) is 11.0 Å². The Labute approximate surface area is 160 Å². The van der Waals surface area contributed by atoms with Crippen LogP contribution in [0.2, 0.25) is 0 Å². The van der Waals surface area contributed by atoms with E-state index in [0.717, 1.165) is 35.4 Å². The molecule has 0 spiro atoms. The molecule has 0 saturated heterocycles. The van der Waals surface area contributed by atoms with Crippen molar-refractivity contribution in [3.63, 3.8) is 0 Å². The number of nitrogen functional groups attached to an aromatic ring is 1. The third kappa shape index (κ3) is 2.92. The van der Waals surface area contributed by atoms with E-state index in [1.165, 1.54) is 5.56 Å². The SMILES string of the molecule is CCc1ccc2c(c1)N(C(=O)c1ccc(N)cc1)CCc1cc(Br)oc1-2. The second-order valence-electron chi connectivity index (χ2n) is 6.44. The summed E-state index contributed by atoms with van der Waals surface area (Å²) in [7, 11) is 0. The highest BCUT2D eigenvalue weighted by Gasteiger charge is 2.27. The first kappa shape index (κ1) is 16.9. The van der Waals surface area contributed by atoms with Gasteiger partial charge in [-0.2, -0.15) is 0 Å². The Kier molecular flexibility index (Phi) is 4.32. The number of rotatable bonds is 2. The van der Waals surface area contributed by atoms with E-state index in [9.17, 15) is 4.79 Å². The number of hydrogen-bond donors (Lipinski definition) is 1. The molecule has 4 nitrogen and oxygen atoms in total. The Hall–Kier alpha value is -2.53. The molecule has 1 aromatic heterocycles. The van der Waals surface area contributed by atoms with Crippen LogP contribution in [0.1, 0.15) is 28.4 Å². The molecule has 132 valence electrons. The number of benzene rings is 2. The molecular formula is C21H19BrN2O2. The lowest BCUT2D eigenvalue weighted by molar-refractivity contribution is 0.0987. The smallest absolute Gasteiger partial charge is 0.258 e. The number of furan rings is 1. The fourth-order valence-electron chi connectivity index (χ4n) is 3.37. The van der Waals surface area contributed by atoms with Gasteiger partial charge in [0.25, 0.3) is 5.91 Å². The van der Waals surface area contributed by atoms with Crippen molar-refractivity contribution in [1.82, 2.24) is 0 Å². The minimum absolute atomic E-state index is 0.0243. The summed E-state index contributed by atoms with van der Waals surface area (Å²) < 4.78 is 6.61. The predicted octanol–water partition coefficient (Wildman–Crippen LogP) is 5.06. The number of fused-ring (bicyclic) bond motifs is 3. The van der Waals surface area contributed by atoms with Crippen molar-refractivity contribution < 1.29 is 9.21 Å². The van der Waals surface area contributed by atoms with E-state index in [0.29, 0.717) is 22.5 Å². The average Bonchev–Trinajstić information content (AvgIpc) is 2.95. The fourth-order valence-corrected chi connectivity index (χ4v) is 3.80. The van der Waals surface area contributed by atoms with E-state index < -0.39 is 0 Å². The molecule has 4 rings (SSSR count). The maximum absolute atomic E-state index is 13.2. The quantitative estimate of drug-likeness (QED) is 0.600. The normalized spacial score (nSPS) is 13.1. The molecule has 0 fully saturated rings. The van der Waals surface area contributed by atoms with Gasteiger partial charge in [-0.25, -0.2) is 0 Å². The molecule has 2 N–H and O–H groups in total. The molecule has 0 aliphatic carbocycles. The average molecular weight is 411 g/mol. The number of halogens is 1. The van der Waals surface area contributed by atoms with Gasteiger partial charge < -0.3 is 15.1 Å². The molecule has 0 atom stereocenters. The van der Waals surface area contributed by atoms with Crippen LogP contribution >= 0.6 is 15.9 Å². The number of aryl methyl sites for hydroxylation is 1. The van der Waals surface area contributed by atoms with Crippen molar-refractivity contribution in [2.75, 3.05) is 17.2 Å². The van der Waals surface area contributed by atoms with Crippen LogP contribution in [0.3, 0.4) is 0 Å². The predicted molar refractivity (Wildman–Crippen MR) is 107 cm³/mol. The zero-order valence-electron chi connectivity index (χ0n) is 14.5. The standard InChI is InChI=1S/C21H19BrN2O2/c1-2-13-3-8-17-18(11-13)24(10-9-15-12-19(22)26-20(15)17)21(25)14-4-6-16(23)7-5-14/h3-8,11-12H,2,9-10,23H2,1H3. The van der Waals surface area contributed by atoms with Crippen LogP contribution in [0, 0.1) is 0 Å². The third-order valence-electron chi connectivity index (χ3n) is 4.79. The Morgan fingerprint density at radius 3 is 2.69 bits per heavy atom. The summed E-state index contributed by atoms with van der Waals surface area (Å²) in [6, 6.07) is 15.3. The lowest BCUT2D eigenvalue weighted by Gasteiger charge is -2.23. The molecule has 2 aromatic carbocycles. The lowest BCUT2D eigenvalue weighted by atomic mass is 10.0. The van der Waals surface area contributed by atoms with Gasteiger partial charge in [0.1, 0.15) is 5.76 Å². The summed E-state index contributed by atoms with van der Waals surface area (Å²) in [6.45, 7) is 2.71. The largest absolute Gasteiger partial charge is 0.449 e. The summed E-state index contributed by atoms with van der Waals surface area (Å²) in [6.07, 6.45) is 1.65. The van der Waals surface area contributed by atoms with Crippen molar-refractivity contribution in [2.45, 2.75) is 19.8 Å². The maximum atomic E-state index is 13.2. The van der Waals surface area contributed by atoms with Crippen molar-refractivity contribution in [1.29, 1.82) is 0 Å². The molecule has 0 radical (unpaired) electrons. The molecule has 0 saturated carbocycles. The van der Waals surface area contributed by atoms with Crippen molar-refractivity contribution in [3.8, 4) is 11.3 Å². The highest BCUT2D eigenvalue weighted by Crippen LogP contribution is 2.40. The van der Waals surface area contributed by atoms with Gasteiger partial charge in [-0.15, -0.1) is 0 Å². The first-order chi connectivity index (χ1) is 12.6. The highest BCUT2D eigenvalue weighted by molar-refractivity contribution is 9.10. The molecule has 26 heavy (non-hydrogen) atoms. The summed E-state index contributed by atoms with van der Waals surface area (Å²) in [5.41, 5.74) is 11.2. The number of amides is 1. The Bertz CT molecular complexity index is 976. The first-order valence-corrected chi connectivity index (χ1v) is 9.45. The molecule has 0 bridgehead atoms. The van der Waals surface area contributed by atoms with Gasteiger partial charge in [-0.05, 0) is 76.8 Å². The maximum Gasteiger partial charge on any atom is 0.258 e. The van der Waals surface area contributed by atoms with E-state index in [-0.39, 0.29) is 5.91 Å². The summed E-state index contributed by atoms with van der Waals surface area (Å²) in [5.74, 6) is 0.811. The van der Waals surface area contributed by atoms with Gasteiger partial charge in [0.05, 0.1) is 5.69 Å². The van der Waals surface area contributed by atoms with Crippen molar-refractivity contribution in [2.24, 2.45) is 0 Å². The summed E-state index contributed by atoms with van der Waals surface area (Å²) in [4.78, 5) is 15.1. The van der Waals surface area contributed by atoms with Crippen LogP contribution in [-0.4, -0.2) is 12.5 Å². The van der Waals surface area contributed by atoms with E-state index >= 15 is 0 Å². The summed E-state index contributed by atoms with van der Waals surface area (Å²) >= 11 is 3.43. The minimum atomic E-state index is -0.0243. The molecule has 2 heterocycles. The fraction of sp³-hybridized carbons (Fsp3) is 0.190. The van der Waals surface area contributed by atoms with E-state index in [2.05, 4.69) is 41.1 Å². The monoisotopic (exact) mass is 410 g/mol. The molecule has 0 unspecified atom stereocenters. The number of nitrogens with two attached hydrogens (primary N) is 1. The molecule has 1 aliphatic heterocycles. The zero-order chi connectivity index (χ0) is 18.3. The van der Waals surface area contributed by atoms with Gasteiger partial charge in [-0.3, -0.25) is 4.79 Å². The second-order valence-corrected chi connectivity index (χ2v) is 7.22. The van der Waals surface area contributed by atoms with Crippen LogP contribution in [0.25, 0.3) is 11.3 Å². The van der Waals surface area contributed by atoms with Crippen LogP contribution in [-0.2, 0) is 12.8 Å². The number of carbonyl (C=O) groups excluding carboxylic acids is 1. The molecule has 3 aromatic rings. The third-order valence-corrected chi connectivity index (χ3v) is 5.18. The number of anilines is 2. The van der Waals surface area contributed by atoms with Crippen LogP contribution in [0.5, 0.6) is 0 Å². The number of nitrogens with zero attached hydrogens (tertiary/aromatic N) is 1. The summed E-state index contributed by atoms with van der Waals surface area (Å²) in [5, 5.41) is 0. The van der Waals surface area contributed by atoms with Crippen molar-refractivity contribution in [3.05, 3.63) is 69.9 Å². The highest BCUT2D eigenvalue weighted by atomic mass is 79.9. The van der Waals surface area contributed by atoms with E-state index in [1.54, 1.807) is 24.3 Å². The second kappa shape index (κ2) is 6.65. The molecule has 5 heteroatoms. The molecule has 1 aliphatic rings.